The number of nitrogens with one attached hydrogen (secondary N) is 1. The van der Waals surface area contributed by atoms with Gasteiger partial charge in [-0.2, -0.15) is 0 Å². The van der Waals surface area contributed by atoms with E-state index in [2.05, 4.69) is 5.32 Å². The summed E-state index contributed by atoms with van der Waals surface area (Å²) in [5.41, 5.74) is 7.30. The normalized spacial score (nSPS) is 11.8. The van der Waals surface area contributed by atoms with Gasteiger partial charge in [-0.15, -0.1) is 0 Å². The number of carbonyl (C=O) groups is 2. The average molecular weight is 250 g/mol. The zero-order chi connectivity index (χ0) is 13.5. The summed E-state index contributed by atoms with van der Waals surface area (Å²) >= 11 is 0. The Kier molecular flexibility index (Phi) is 5.17. The predicted molar refractivity (Wildman–Crippen MR) is 69.0 cm³/mol. The van der Waals surface area contributed by atoms with Crippen LogP contribution in [0.5, 0.6) is 0 Å². The molecule has 0 saturated heterocycles. The fourth-order valence-corrected chi connectivity index (χ4v) is 1.61. The molecule has 1 aromatic rings. The van der Waals surface area contributed by atoms with E-state index in [4.69, 9.17) is 10.8 Å². The van der Waals surface area contributed by atoms with E-state index < -0.39 is 12.0 Å². The number of hydrogen-bond acceptors (Lipinski definition) is 3. The molecule has 5 heteroatoms. The maximum atomic E-state index is 11.6. The number of carbonyl (C=O) groups excluding carboxylic acids is 1. The van der Waals surface area contributed by atoms with E-state index in [1.807, 2.05) is 18.2 Å². The van der Waals surface area contributed by atoms with Gasteiger partial charge in [-0.1, -0.05) is 25.1 Å². The van der Waals surface area contributed by atoms with Crippen LogP contribution in [-0.2, 0) is 16.0 Å². The average Bonchev–Trinajstić information content (AvgIpc) is 2.34. The lowest BCUT2D eigenvalue weighted by Crippen LogP contribution is -2.40. The first kappa shape index (κ1) is 14.0. The summed E-state index contributed by atoms with van der Waals surface area (Å²) in [7, 11) is 0. The maximum absolute atomic E-state index is 11.6. The van der Waals surface area contributed by atoms with Crippen LogP contribution >= 0.6 is 0 Å². The number of aryl methyl sites for hydroxylation is 1. The molecule has 1 aromatic carbocycles. The van der Waals surface area contributed by atoms with Crippen LogP contribution in [0.1, 0.15) is 25.3 Å². The van der Waals surface area contributed by atoms with Crippen molar-refractivity contribution in [2.75, 3.05) is 5.73 Å². The molecule has 0 heterocycles. The SMILES string of the molecule is CC[C@H](NC(=O)CCc1ccccc1N)C(=O)O. The number of aliphatic carboxylic acids is 1. The van der Waals surface area contributed by atoms with Crippen LogP contribution in [0.15, 0.2) is 24.3 Å². The van der Waals surface area contributed by atoms with Gasteiger partial charge in [0.15, 0.2) is 0 Å². The zero-order valence-electron chi connectivity index (χ0n) is 10.3. The Hall–Kier alpha value is -2.04. The maximum Gasteiger partial charge on any atom is 0.326 e. The van der Waals surface area contributed by atoms with Crippen LogP contribution in [0.3, 0.4) is 0 Å². The molecule has 0 spiro atoms. The number of carboxylic acid groups (broad SMARTS) is 1. The summed E-state index contributed by atoms with van der Waals surface area (Å²) < 4.78 is 0. The van der Waals surface area contributed by atoms with Gasteiger partial charge in [-0.25, -0.2) is 4.79 Å². The van der Waals surface area contributed by atoms with Gasteiger partial charge in [0.1, 0.15) is 6.04 Å². The van der Waals surface area contributed by atoms with Crippen LogP contribution in [0, 0.1) is 0 Å². The number of para-hydroxylation sites is 1. The molecule has 0 aliphatic carbocycles. The van der Waals surface area contributed by atoms with E-state index in [1.165, 1.54) is 0 Å². The summed E-state index contributed by atoms with van der Waals surface area (Å²) in [5, 5.41) is 11.3. The van der Waals surface area contributed by atoms with E-state index in [1.54, 1.807) is 13.0 Å². The molecule has 1 rings (SSSR count). The molecular weight excluding hydrogens is 232 g/mol. The van der Waals surface area contributed by atoms with Crippen LogP contribution in [-0.4, -0.2) is 23.0 Å². The number of hydrogen-bond donors (Lipinski definition) is 3. The largest absolute Gasteiger partial charge is 0.480 e. The standard InChI is InChI=1S/C13H18N2O3/c1-2-11(13(17)18)15-12(16)8-7-9-5-3-4-6-10(9)14/h3-6,11H,2,7-8,14H2,1H3,(H,15,16)(H,17,18)/t11-/m0/s1. The summed E-state index contributed by atoms with van der Waals surface area (Å²) in [6.07, 6.45) is 1.11. The Morgan fingerprint density at radius 3 is 2.61 bits per heavy atom. The molecule has 0 aromatic heterocycles. The van der Waals surface area contributed by atoms with Crippen molar-refractivity contribution < 1.29 is 14.7 Å². The Morgan fingerprint density at radius 1 is 1.39 bits per heavy atom. The monoisotopic (exact) mass is 250 g/mol. The molecule has 5 nitrogen and oxygen atoms in total. The van der Waals surface area contributed by atoms with Crippen LogP contribution in [0.4, 0.5) is 5.69 Å². The molecular formula is C13H18N2O3. The van der Waals surface area contributed by atoms with E-state index in [-0.39, 0.29) is 12.3 Å². The molecule has 18 heavy (non-hydrogen) atoms. The van der Waals surface area contributed by atoms with Gasteiger partial charge in [0.2, 0.25) is 5.91 Å². The van der Waals surface area contributed by atoms with Gasteiger partial charge in [-0.05, 0) is 24.5 Å². The zero-order valence-corrected chi connectivity index (χ0v) is 10.3. The van der Waals surface area contributed by atoms with Crippen molar-refractivity contribution in [3.63, 3.8) is 0 Å². The predicted octanol–water partition coefficient (Wildman–Crippen LogP) is 1.18. The number of nitrogen functional groups attached to an aromatic ring is 1. The summed E-state index contributed by atoms with van der Waals surface area (Å²) in [5.74, 6) is -1.28. The second-order valence-electron chi connectivity index (χ2n) is 4.07. The van der Waals surface area contributed by atoms with E-state index in [9.17, 15) is 9.59 Å². The van der Waals surface area contributed by atoms with E-state index in [0.29, 0.717) is 18.5 Å². The van der Waals surface area contributed by atoms with E-state index in [0.717, 1.165) is 5.56 Å². The number of rotatable bonds is 6. The lowest BCUT2D eigenvalue weighted by atomic mass is 10.1. The molecule has 0 unspecified atom stereocenters. The second-order valence-corrected chi connectivity index (χ2v) is 4.07. The van der Waals surface area contributed by atoms with Crippen molar-refractivity contribution in [2.24, 2.45) is 0 Å². The van der Waals surface area contributed by atoms with Crippen LogP contribution < -0.4 is 11.1 Å². The quantitative estimate of drug-likeness (QED) is 0.661. The molecule has 4 N–H and O–H groups in total. The van der Waals surface area contributed by atoms with Gasteiger partial charge in [-0.3, -0.25) is 4.79 Å². The lowest BCUT2D eigenvalue weighted by Gasteiger charge is -2.12. The summed E-state index contributed by atoms with van der Waals surface area (Å²) in [4.78, 5) is 22.3. The third-order valence-corrected chi connectivity index (χ3v) is 2.72. The van der Waals surface area contributed by atoms with Crippen molar-refractivity contribution in [1.29, 1.82) is 0 Å². The van der Waals surface area contributed by atoms with Gasteiger partial charge >= 0.3 is 5.97 Å². The topological polar surface area (TPSA) is 92.4 Å². The fourth-order valence-electron chi connectivity index (χ4n) is 1.61. The fraction of sp³-hybridized carbons (Fsp3) is 0.385. The number of amides is 1. The number of carboxylic acids is 1. The molecule has 1 atom stereocenters. The van der Waals surface area contributed by atoms with Crippen molar-refractivity contribution in [3.05, 3.63) is 29.8 Å². The molecule has 98 valence electrons. The Labute approximate surface area is 106 Å². The first-order valence-electron chi connectivity index (χ1n) is 5.90. The molecule has 0 fully saturated rings. The Balaban J connectivity index is 2.47. The molecule has 1 amide bonds. The molecule has 0 bridgehead atoms. The van der Waals surface area contributed by atoms with Crippen molar-refractivity contribution >= 4 is 17.6 Å². The van der Waals surface area contributed by atoms with Gasteiger partial charge in [0, 0.05) is 12.1 Å². The smallest absolute Gasteiger partial charge is 0.326 e. The minimum atomic E-state index is -1.01. The minimum Gasteiger partial charge on any atom is -0.480 e. The Morgan fingerprint density at radius 2 is 2.06 bits per heavy atom. The van der Waals surface area contributed by atoms with Crippen LogP contribution in [0.25, 0.3) is 0 Å². The molecule has 0 radical (unpaired) electrons. The second kappa shape index (κ2) is 6.64. The first-order valence-corrected chi connectivity index (χ1v) is 5.90. The lowest BCUT2D eigenvalue weighted by molar-refractivity contribution is -0.141. The van der Waals surface area contributed by atoms with E-state index >= 15 is 0 Å². The highest BCUT2D eigenvalue weighted by Crippen LogP contribution is 2.12. The third kappa shape index (κ3) is 4.08. The number of benzene rings is 1. The summed E-state index contributed by atoms with van der Waals surface area (Å²) in [6.45, 7) is 1.72. The van der Waals surface area contributed by atoms with Crippen molar-refractivity contribution in [1.82, 2.24) is 5.32 Å². The highest BCUT2D eigenvalue weighted by atomic mass is 16.4. The van der Waals surface area contributed by atoms with Gasteiger partial charge < -0.3 is 16.2 Å². The Bertz CT molecular complexity index is 432. The van der Waals surface area contributed by atoms with Gasteiger partial charge in [0.25, 0.3) is 0 Å². The van der Waals surface area contributed by atoms with Gasteiger partial charge in [0.05, 0.1) is 0 Å². The number of nitrogens with two attached hydrogens (primary N) is 1. The molecule has 0 saturated carbocycles. The summed E-state index contributed by atoms with van der Waals surface area (Å²) in [6, 6.07) is 6.51. The highest BCUT2D eigenvalue weighted by Gasteiger charge is 2.17. The molecule has 0 aliphatic heterocycles. The van der Waals surface area contributed by atoms with Crippen molar-refractivity contribution in [2.45, 2.75) is 32.2 Å². The van der Waals surface area contributed by atoms with Crippen molar-refractivity contribution in [3.8, 4) is 0 Å². The first-order chi connectivity index (χ1) is 8.54. The third-order valence-electron chi connectivity index (χ3n) is 2.72. The molecule has 0 aliphatic rings. The highest BCUT2D eigenvalue weighted by molar-refractivity contribution is 5.83. The van der Waals surface area contributed by atoms with Crippen LogP contribution in [0.2, 0.25) is 0 Å². The minimum absolute atomic E-state index is 0.234. The number of anilines is 1.